The fraction of sp³-hybridized carbons (Fsp3) is 0. The van der Waals surface area contributed by atoms with Crippen LogP contribution in [0.2, 0.25) is 0 Å². The minimum atomic E-state index is -0.00788. The maximum atomic E-state index is 6.64. The lowest BCUT2D eigenvalue weighted by Crippen LogP contribution is -2.59. The minimum Gasteiger partial charge on any atom is -0.458 e. The van der Waals surface area contributed by atoms with Crippen molar-refractivity contribution in [3.8, 4) is 51.7 Å². The standard InChI is InChI=1S/C36H18BNO4S/c1-2-8-21-20(7-1)32-22(15-16-28-36(32)43-31-14-4-3-9-23(31)39-28)38(21)19-17-29-35-30(18-19)42-27-13-6-11-25-34(27)37(35)33-24(40-25)10-5-12-26(33)41-29/h1-18H. The highest BCUT2D eigenvalue weighted by Crippen LogP contribution is 2.52. The van der Waals surface area contributed by atoms with Crippen molar-refractivity contribution < 1.29 is 18.9 Å². The molecular formula is C36H18BNO4S. The summed E-state index contributed by atoms with van der Waals surface area (Å²) in [5.74, 6) is 6.70. The summed E-state index contributed by atoms with van der Waals surface area (Å²) in [6.07, 6.45) is 0. The van der Waals surface area contributed by atoms with E-state index in [9.17, 15) is 0 Å². The zero-order chi connectivity index (χ0) is 27.8. The first-order chi connectivity index (χ1) is 21.3. The molecular weight excluding hydrogens is 553 g/mol. The maximum absolute atomic E-state index is 6.64. The third-order valence-electron chi connectivity index (χ3n) is 8.96. The fourth-order valence-corrected chi connectivity index (χ4v) is 8.35. The fourth-order valence-electron chi connectivity index (χ4n) is 7.25. The molecule has 4 aliphatic heterocycles. The van der Waals surface area contributed by atoms with Crippen molar-refractivity contribution in [1.82, 2.24) is 4.57 Å². The number of aromatic nitrogens is 1. The molecule has 0 bridgehead atoms. The first-order valence-corrected chi connectivity index (χ1v) is 15.1. The smallest absolute Gasteiger partial charge is 0.270 e. The molecule has 0 aliphatic carbocycles. The van der Waals surface area contributed by atoms with Gasteiger partial charge in [-0.25, -0.2) is 0 Å². The van der Waals surface area contributed by atoms with Gasteiger partial charge in [-0.05, 0) is 54.6 Å². The van der Waals surface area contributed by atoms with Crippen molar-refractivity contribution in [3.63, 3.8) is 0 Å². The predicted molar refractivity (Wildman–Crippen MR) is 169 cm³/mol. The number of benzene rings is 6. The molecule has 0 unspecified atom stereocenters. The van der Waals surface area contributed by atoms with E-state index in [4.69, 9.17) is 18.9 Å². The summed E-state index contributed by atoms with van der Waals surface area (Å²) in [4.78, 5) is 2.25. The molecule has 7 aromatic rings. The van der Waals surface area contributed by atoms with Crippen molar-refractivity contribution >= 4 is 56.7 Å². The molecule has 0 saturated carbocycles. The van der Waals surface area contributed by atoms with Crippen LogP contribution in [0.4, 0.5) is 0 Å². The van der Waals surface area contributed by atoms with Gasteiger partial charge in [-0.2, -0.15) is 0 Å². The summed E-state index contributed by atoms with van der Waals surface area (Å²) in [6, 6.07) is 37.4. The predicted octanol–water partition coefficient (Wildman–Crippen LogP) is 7.87. The van der Waals surface area contributed by atoms with Crippen molar-refractivity contribution in [1.29, 1.82) is 0 Å². The van der Waals surface area contributed by atoms with Crippen LogP contribution < -0.4 is 35.3 Å². The van der Waals surface area contributed by atoms with Crippen molar-refractivity contribution in [2.24, 2.45) is 0 Å². The third-order valence-corrected chi connectivity index (χ3v) is 10.1. The van der Waals surface area contributed by atoms with Crippen molar-refractivity contribution in [2.75, 3.05) is 0 Å². The molecule has 0 atom stereocenters. The lowest BCUT2D eigenvalue weighted by atomic mass is 9.34. The summed E-state index contributed by atoms with van der Waals surface area (Å²) in [5, 5.41) is 2.35. The van der Waals surface area contributed by atoms with E-state index in [1.807, 2.05) is 48.5 Å². The number of hydrogen-bond donors (Lipinski definition) is 0. The van der Waals surface area contributed by atoms with Gasteiger partial charge in [0, 0.05) is 39.3 Å². The Hall–Kier alpha value is -5.27. The number of hydrogen-bond acceptors (Lipinski definition) is 5. The van der Waals surface area contributed by atoms with E-state index in [0.29, 0.717) is 0 Å². The highest BCUT2D eigenvalue weighted by Gasteiger charge is 2.46. The largest absolute Gasteiger partial charge is 0.458 e. The SMILES string of the molecule is c1ccc2c(c1)Oc1ccc3c(c1S2)c1ccccc1n3-c1cc2c3c(c1)Oc1cccc4c1B3c1c(cccc1O2)O4. The quantitative estimate of drug-likeness (QED) is 0.188. The Labute approximate surface area is 250 Å². The van der Waals surface area contributed by atoms with Gasteiger partial charge in [-0.3, -0.25) is 0 Å². The number of fused-ring (bicyclic) bond motifs is 6. The van der Waals surface area contributed by atoms with Crippen LogP contribution in [0.1, 0.15) is 0 Å². The van der Waals surface area contributed by atoms with Gasteiger partial charge >= 0.3 is 0 Å². The Morgan fingerprint density at radius 1 is 0.488 bits per heavy atom. The summed E-state index contributed by atoms with van der Waals surface area (Å²) in [6.45, 7) is -0.00788. The molecule has 43 heavy (non-hydrogen) atoms. The van der Waals surface area contributed by atoms with Crippen LogP contribution in [0.15, 0.2) is 119 Å². The Balaban J connectivity index is 1.18. The Morgan fingerprint density at radius 2 is 1.07 bits per heavy atom. The van der Waals surface area contributed by atoms with Gasteiger partial charge in [0.1, 0.15) is 46.0 Å². The van der Waals surface area contributed by atoms with Crippen molar-refractivity contribution in [2.45, 2.75) is 9.79 Å². The summed E-state index contributed by atoms with van der Waals surface area (Å²) < 4.78 is 28.3. The zero-order valence-corrected chi connectivity index (χ0v) is 23.3. The van der Waals surface area contributed by atoms with E-state index < -0.39 is 0 Å². The van der Waals surface area contributed by atoms with Crippen LogP contribution in [0.25, 0.3) is 27.5 Å². The lowest BCUT2D eigenvalue weighted by molar-refractivity contribution is 0.442. The van der Waals surface area contributed by atoms with Gasteiger partial charge in [0.15, 0.2) is 0 Å². The number of ether oxygens (including phenoxy) is 4. The summed E-state index contributed by atoms with van der Waals surface area (Å²) in [5.41, 5.74) is 6.37. The molecule has 11 rings (SSSR count). The summed E-state index contributed by atoms with van der Waals surface area (Å²) in [7, 11) is 0. The molecule has 7 heteroatoms. The van der Waals surface area contributed by atoms with E-state index in [1.165, 1.54) is 10.8 Å². The molecule has 5 heterocycles. The van der Waals surface area contributed by atoms with Gasteiger partial charge in [0.05, 0.1) is 26.5 Å². The van der Waals surface area contributed by atoms with E-state index in [1.54, 1.807) is 11.8 Å². The van der Waals surface area contributed by atoms with Crippen LogP contribution in [0.3, 0.4) is 0 Å². The molecule has 1 aromatic heterocycles. The normalized spacial score (nSPS) is 14.2. The monoisotopic (exact) mass is 571 g/mol. The zero-order valence-electron chi connectivity index (χ0n) is 22.5. The molecule has 6 aromatic carbocycles. The number of rotatable bonds is 1. The Morgan fingerprint density at radius 3 is 1.81 bits per heavy atom. The molecule has 0 amide bonds. The average Bonchev–Trinajstić information content (AvgIpc) is 3.38. The molecule has 0 saturated heterocycles. The molecule has 5 nitrogen and oxygen atoms in total. The van der Waals surface area contributed by atoms with Gasteiger partial charge in [0.25, 0.3) is 6.71 Å². The van der Waals surface area contributed by atoms with Gasteiger partial charge < -0.3 is 23.5 Å². The van der Waals surface area contributed by atoms with E-state index in [2.05, 4.69) is 65.2 Å². The highest BCUT2D eigenvalue weighted by atomic mass is 32.2. The first-order valence-electron chi connectivity index (χ1n) is 14.3. The maximum Gasteiger partial charge on any atom is 0.270 e. The Kier molecular flexibility index (Phi) is 4.03. The van der Waals surface area contributed by atoms with E-state index in [-0.39, 0.29) is 6.71 Å². The van der Waals surface area contributed by atoms with Gasteiger partial charge in [-0.15, -0.1) is 0 Å². The van der Waals surface area contributed by atoms with E-state index >= 15 is 0 Å². The van der Waals surface area contributed by atoms with Gasteiger partial charge in [-0.1, -0.05) is 54.2 Å². The van der Waals surface area contributed by atoms with E-state index in [0.717, 1.165) is 88.9 Å². The second kappa shape index (κ2) is 7.76. The van der Waals surface area contributed by atoms with Crippen LogP contribution in [-0.4, -0.2) is 11.3 Å². The molecule has 0 spiro atoms. The summed E-state index contributed by atoms with van der Waals surface area (Å²) >= 11 is 1.77. The van der Waals surface area contributed by atoms with Crippen LogP contribution in [-0.2, 0) is 0 Å². The van der Waals surface area contributed by atoms with Crippen LogP contribution >= 0.6 is 11.8 Å². The second-order valence-electron chi connectivity index (χ2n) is 11.2. The highest BCUT2D eigenvalue weighted by molar-refractivity contribution is 7.99. The lowest BCUT2D eigenvalue weighted by Gasteiger charge is -2.37. The molecule has 0 fully saturated rings. The van der Waals surface area contributed by atoms with Crippen LogP contribution in [0, 0.1) is 0 Å². The average molecular weight is 571 g/mol. The van der Waals surface area contributed by atoms with Crippen molar-refractivity contribution in [3.05, 3.63) is 109 Å². The topological polar surface area (TPSA) is 41.9 Å². The Bertz CT molecular complexity index is 2340. The first kappa shape index (κ1) is 22.3. The molecule has 0 N–H and O–H groups in total. The molecule has 4 aliphatic rings. The minimum absolute atomic E-state index is 0.00788. The van der Waals surface area contributed by atoms with Gasteiger partial charge in [0.2, 0.25) is 0 Å². The molecule has 200 valence electrons. The second-order valence-corrected chi connectivity index (χ2v) is 12.3. The van der Waals surface area contributed by atoms with Crippen LogP contribution in [0.5, 0.6) is 46.0 Å². The number of para-hydroxylation sites is 2. The third kappa shape index (κ3) is 2.80. The molecule has 0 radical (unpaired) electrons. The number of nitrogens with zero attached hydrogens (tertiary/aromatic N) is 1.